The van der Waals surface area contributed by atoms with Crippen LogP contribution in [0.4, 0.5) is 0 Å². The van der Waals surface area contributed by atoms with E-state index in [2.05, 4.69) is 19.2 Å². The molecule has 4 nitrogen and oxygen atoms in total. The van der Waals surface area contributed by atoms with Crippen LogP contribution < -0.4 is 11.1 Å². The maximum absolute atomic E-state index is 12.5. The first kappa shape index (κ1) is 17.1. The lowest BCUT2D eigenvalue weighted by atomic mass is 9.90. The van der Waals surface area contributed by atoms with Crippen molar-refractivity contribution >= 4 is 17.5 Å². The van der Waals surface area contributed by atoms with Gasteiger partial charge in [-0.1, -0.05) is 25.4 Å². The quantitative estimate of drug-likeness (QED) is 0.847. The molecule has 0 radical (unpaired) electrons. The molecule has 114 valence electrons. The summed E-state index contributed by atoms with van der Waals surface area (Å²) < 4.78 is 1.88. The summed E-state index contributed by atoms with van der Waals surface area (Å²) >= 11 is 6.02. The SMILES string of the molecule is CC(C)CC(C)(CN)NC(=O)c1cc(Cl)cn1C(C)C. The Hall–Kier alpha value is -1.00. The highest BCUT2D eigenvalue weighted by atomic mass is 35.5. The molecule has 0 bridgehead atoms. The van der Waals surface area contributed by atoms with E-state index in [1.807, 2.05) is 25.3 Å². The molecule has 1 amide bonds. The zero-order valence-electron chi connectivity index (χ0n) is 13.0. The number of hydrogen-bond acceptors (Lipinski definition) is 2. The molecule has 1 heterocycles. The fourth-order valence-electron chi connectivity index (χ4n) is 2.48. The molecule has 5 heteroatoms. The van der Waals surface area contributed by atoms with Crippen LogP contribution in [0.3, 0.4) is 0 Å². The summed E-state index contributed by atoms with van der Waals surface area (Å²) in [7, 11) is 0. The Morgan fingerprint density at radius 3 is 2.50 bits per heavy atom. The summed E-state index contributed by atoms with van der Waals surface area (Å²) in [5.41, 5.74) is 6.02. The van der Waals surface area contributed by atoms with E-state index in [0.29, 0.717) is 23.2 Å². The third kappa shape index (κ3) is 4.25. The van der Waals surface area contributed by atoms with Crippen LogP contribution in [0.1, 0.15) is 57.6 Å². The van der Waals surface area contributed by atoms with E-state index in [1.54, 1.807) is 12.3 Å². The van der Waals surface area contributed by atoms with E-state index in [-0.39, 0.29) is 11.9 Å². The topological polar surface area (TPSA) is 60.0 Å². The van der Waals surface area contributed by atoms with Crippen molar-refractivity contribution in [1.29, 1.82) is 0 Å². The van der Waals surface area contributed by atoms with Gasteiger partial charge in [0.1, 0.15) is 5.69 Å². The van der Waals surface area contributed by atoms with E-state index in [4.69, 9.17) is 17.3 Å². The Morgan fingerprint density at radius 1 is 1.45 bits per heavy atom. The minimum atomic E-state index is -0.399. The lowest BCUT2D eigenvalue weighted by molar-refractivity contribution is 0.0887. The van der Waals surface area contributed by atoms with Crippen molar-refractivity contribution in [2.45, 2.75) is 52.6 Å². The van der Waals surface area contributed by atoms with Crippen LogP contribution in [0.2, 0.25) is 5.02 Å². The van der Waals surface area contributed by atoms with Crippen LogP contribution >= 0.6 is 11.6 Å². The molecule has 0 aliphatic heterocycles. The van der Waals surface area contributed by atoms with Crippen LogP contribution in [0.5, 0.6) is 0 Å². The summed E-state index contributed by atoms with van der Waals surface area (Å²) in [6.07, 6.45) is 2.62. The van der Waals surface area contributed by atoms with Crippen molar-refractivity contribution in [3.8, 4) is 0 Å². The fraction of sp³-hybridized carbons (Fsp3) is 0.667. The van der Waals surface area contributed by atoms with Gasteiger partial charge in [-0.3, -0.25) is 4.79 Å². The van der Waals surface area contributed by atoms with Gasteiger partial charge in [0.15, 0.2) is 0 Å². The third-order valence-electron chi connectivity index (χ3n) is 3.33. The van der Waals surface area contributed by atoms with Gasteiger partial charge in [0.2, 0.25) is 0 Å². The maximum Gasteiger partial charge on any atom is 0.268 e. The summed E-state index contributed by atoms with van der Waals surface area (Å²) in [5.74, 6) is 0.337. The number of nitrogens with one attached hydrogen (secondary N) is 1. The molecule has 1 aromatic heterocycles. The van der Waals surface area contributed by atoms with Gasteiger partial charge in [-0.25, -0.2) is 0 Å². The molecule has 0 aliphatic rings. The van der Waals surface area contributed by atoms with Crippen LogP contribution in [0, 0.1) is 5.92 Å². The van der Waals surface area contributed by atoms with Gasteiger partial charge < -0.3 is 15.6 Å². The zero-order valence-corrected chi connectivity index (χ0v) is 13.8. The highest BCUT2D eigenvalue weighted by Gasteiger charge is 2.27. The number of nitrogens with zero attached hydrogens (tertiary/aromatic N) is 1. The molecule has 0 fully saturated rings. The first-order valence-corrected chi connectivity index (χ1v) is 7.46. The fourth-order valence-corrected chi connectivity index (χ4v) is 2.69. The predicted octanol–water partition coefficient (Wildman–Crippen LogP) is 3.22. The Kier molecular flexibility index (Phi) is 5.66. The monoisotopic (exact) mass is 299 g/mol. The Balaban J connectivity index is 2.95. The average Bonchev–Trinajstić information content (AvgIpc) is 2.70. The molecular weight excluding hydrogens is 274 g/mol. The smallest absolute Gasteiger partial charge is 0.268 e. The minimum absolute atomic E-state index is 0.126. The molecule has 1 atom stereocenters. The summed E-state index contributed by atoms with van der Waals surface area (Å²) in [6, 6.07) is 1.88. The lowest BCUT2D eigenvalue weighted by Crippen LogP contribution is -2.52. The van der Waals surface area contributed by atoms with Crippen molar-refractivity contribution < 1.29 is 4.79 Å². The van der Waals surface area contributed by atoms with E-state index < -0.39 is 5.54 Å². The molecular formula is C15H26ClN3O. The van der Waals surface area contributed by atoms with Gasteiger partial charge in [0.25, 0.3) is 5.91 Å². The molecule has 0 aliphatic carbocycles. The first-order valence-electron chi connectivity index (χ1n) is 7.08. The average molecular weight is 300 g/mol. The van der Waals surface area contributed by atoms with Crippen molar-refractivity contribution in [2.75, 3.05) is 6.54 Å². The second kappa shape index (κ2) is 6.64. The molecule has 0 saturated carbocycles. The van der Waals surface area contributed by atoms with Crippen LogP contribution in [0.25, 0.3) is 0 Å². The number of carbonyl (C=O) groups is 1. The molecule has 1 unspecified atom stereocenters. The first-order chi connectivity index (χ1) is 9.18. The minimum Gasteiger partial charge on any atom is -0.344 e. The highest BCUT2D eigenvalue weighted by molar-refractivity contribution is 6.31. The van der Waals surface area contributed by atoms with Crippen molar-refractivity contribution in [2.24, 2.45) is 11.7 Å². The van der Waals surface area contributed by atoms with Gasteiger partial charge in [0, 0.05) is 18.8 Å². The Bertz CT molecular complexity index is 468. The number of hydrogen-bond donors (Lipinski definition) is 2. The lowest BCUT2D eigenvalue weighted by Gasteiger charge is -2.31. The molecule has 0 saturated heterocycles. The second-order valence-electron chi connectivity index (χ2n) is 6.36. The van der Waals surface area contributed by atoms with E-state index in [1.165, 1.54) is 0 Å². The summed E-state index contributed by atoms with van der Waals surface area (Å²) in [5, 5.41) is 3.63. The van der Waals surface area contributed by atoms with Gasteiger partial charge >= 0.3 is 0 Å². The van der Waals surface area contributed by atoms with Gasteiger partial charge in [-0.05, 0) is 39.2 Å². The summed E-state index contributed by atoms with van der Waals surface area (Å²) in [6.45, 7) is 10.7. The Morgan fingerprint density at radius 2 is 2.05 bits per heavy atom. The zero-order chi connectivity index (χ0) is 15.5. The Labute approximate surface area is 126 Å². The van der Waals surface area contributed by atoms with Crippen molar-refractivity contribution in [3.05, 3.63) is 23.0 Å². The van der Waals surface area contributed by atoms with Gasteiger partial charge in [0.05, 0.1) is 10.6 Å². The molecule has 20 heavy (non-hydrogen) atoms. The molecule has 1 rings (SSSR count). The van der Waals surface area contributed by atoms with E-state index in [9.17, 15) is 4.79 Å². The molecule has 3 N–H and O–H groups in total. The summed E-state index contributed by atoms with van der Waals surface area (Å²) in [4.78, 5) is 12.5. The standard InChI is InChI=1S/C15H26ClN3O/c1-10(2)7-15(5,9-17)18-14(20)13-6-12(16)8-19(13)11(3)4/h6,8,10-11H,7,9,17H2,1-5H3,(H,18,20). The largest absolute Gasteiger partial charge is 0.344 e. The molecule has 0 spiro atoms. The third-order valence-corrected chi connectivity index (χ3v) is 3.54. The predicted molar refractivity (Wildman–Crippen MR) is 84.2 cm³/mol. The highest BCUT2D eigenvalue weighted by Crippen LogP contribution is 2.21. The number of carbonyl (C=O) groups excluding carboxylic acids is 1. The number of halogens is 1. The molecule has 0 aromatic carbocycles. The van der Waals surface area contributed by atoms with Crippen molar-refractivity contribution in [3.63, 3.8) is 0 Å². The number of rotatable bonds is 6. The van der Waals surface area contributed by atoms with Crippen molar-refractivity contribution in [1.82, 2.24) is 9.88 Å². The number of aromatic nitrogens is 1. The van der Waals surface area contributed by atoms with Crippen LogP contribution in [-0.4, -0.2) is 22.6 Å². The molecule has 1 aromatic rings. The van der Waals surface area contributed by atoms with Crippen LogP contribution in [0.15, 0.2) is 12.3 Å². The maximum atomic E-state index is 12.5. The van der Waals surface area contributed by atoms with E-state index >= 15 is 0 Å². The van der Waals surface area contributed by atoms with Gasteiger partial charge in [-0.2, -0.15) is 0 Å². The normalized spacial score (nSPS) is 14.7. The van der Waals surface area contributed by atoms with Crippen LogP contribution in [-0.2, 0) is 0 Å². The van der Waals surface area contributed by atoms with Gasteiger partial charge in [-0.15, -0.1) is 0 Å². The number of nitrogens with two attached hydrogens (primary N) is 1. The number of amides is 1. The van der Waals surface area contributed by atoms with E-state index in [0.717, 1.165) is 6.42 Å². The second-order valence-corrected chi connectivity index (χ2v) is 6.80.